The summed E-state index contributed by atoms with van der Waals surface area (Å²) in [7, 11) is 1.66. The number of pyridine rings is 1. The summed E-state index contributed by atoms with van der Waals surface area (Å²) in [5, 5.41) is 13.8. The molecule has 29 heavy (non-hydrogen) atoms. The van der Waals surface area contributed by atoms with E-state index in [2.05, 4.69) is 37.7 Å². The number of aromatic nitrogens is 5. The molecule has 1 fully saturated rings. The number of benzene rings is 1. The topological polar surface area (TPSA) is 96.9 Å². The molecule has 1 saturated heterocycles. The number of nitrogens with one attached hydrogen (secondary N) is 1. The van der Waals surface area contributed by atoms with Gasteiger partial charge in [-0.3, -0.25) is 9.78 Å². The van der Waals surface area contributed by atoms with Gasteiger partial charge in [0.25, 0.3) is 0 Å². The average molecular weight is 392 g/mol. The van der Waals surface area contributed by atoms with Crippen molar-refractivity contribution >= 4 is 5.91 Å². The normalized spacial score (nSPS) is 17.0. The number of H-pyrrole nitrogens is 1. The molecule has 150 valence electrons. The zero-order valence-corrected chi connectivity index (χ0v) is 16.4. The van der Waals surface area contributed by atoms with Crippen LogP contribution in [0.25, 0.3) is 11.5 Å². The zero-order chi connectivity index (χ0) is 20.1. The van der Waals surface area contributed by atoms with Crippen LogP contribution < -0.4 is 4.74 Å². The second-order valence-electron chi connectivity index (χ2n) is 7.19. The average Bonchev–Trinajstić information content (AvgIpc) is 3.19. The van der Waals surface area contributed by atoms with E-state index in [1.165, 1.54) is 0 Å². The molecule has 3 heterocycles. The van der Waals surface area contributed by atoms with E-state index in [0.717, 1.165) is 49.1 Å². The van der Waals surface area contributed by atoms with Crippen LogP contribution >= 0.6 is 0 Å². The third kappa shape index (κ3) is 4.42. The fraction of sp³-hybridized carbons (Fsp3) is 0.381. The predicted octanol–water partition coefficient (Wildman–Crippen LogP) is 2.96. The molecule has 3 aromatic rings. The summed E-state index contributed by atoms with van der Waals surface area (Å²) in [6, 6.07) is 11.9. The smallest absolute Gasteiger partial charge is 0.227 e. The van der Waals surface area contributed by atoms with Crippen LogP contribution in [0.2, 0.25) is 0 Å². The second kappa shape index (κ2) is 8.81. The van der Waals surface area contributed by atoms with Gasteiger partial charge in [-0.1, -0.05) is 31.0 Å². The largest absolute Gasteiger partial charge is 0.497 e. The Labute approximate surface area is 169 Å². The van der Waals surface area contributed by atoms with Gasteiger partial charge in [0.15, 0.2) is 0 Å². The van der Waals surface area contributed by atoms with Gasteiger partial charge < -0.3 is 9.64 Å². The summed E-state index contributed by atoms with van der Waals surface area (Å²) < 4.78 is 5.27. The van der Waals surface area contributed by atoms with E-state index in [1.807, 2.05) is 29.2 Å². The number of hydrogen-bond donors (Lipinski definition) is 1. The molecule has 1 amide bonds. The number of nitrogens with zero attached hydrogens (tertiary/aromatic N) is 5. The van der Waals surface area contributed by atoms with E-state index in [4.69, 9.17) is 4.74 Å². The molecule has 1 unspecified atom stereocenters. The van der Waals surface area contributed by atoms with Crippen molar-refractivity contribution in [3.05, 3.63) is 53.7 Å². The monoisotopic (exact) mass is 392 g/mol. The first kappa shape index (κ1) is 19.0. The molecule has 1 aromatic carbocycles. The van der Waals surface area contributed by atoms with E-state index in [-0.39, 0.29) is 11.9 Å². The van der Waals surface area contributed by atoms with Crippen molar-refractivity contribution in [2.75, 3.05) is 13.7 Å². The molecule has 8 nitrogen and oxygen atoms in total. The molecule has 4 rings (SSSR count). The maximum Gasteiger partial charge on any atom is 0.227 e. The summed E-state index contributed by atoms with van der Waals surface area (Å²) in [6.45, 7) is 0.782. The molecule has 1 N–H and O–H groups in total. The molecule has 0 bridgehead atoms. The molecule has 1 atom stereocenters. The Morgan fingerprint density at radius 3 is 2.72 bits per heavy atom. The molecular formula is C21H24N6O2. The van der Waals surface area contributed by atoms with Crippen LogP contribution in [0.1, 0.15) is 42.9 Å². The summed E-state index contributed by atoms with van der Waals surface area (Å²) in [4.78, 5) is 19.6. The predicted molar refractivity (Wildman–Crippen MR) is 107 cm³/mol. The van der Waals surface area contributed by atoms with Gasteiger partial charge in [-0.25, -0.2) is 0 Å². The lowest BCUT2D eigenvalue weighted by molar-refractivity contribution is -0.132. The van der Waals surface area contributed by atoms with Crippen LogP contribution in [0.15, 0.2) is 42.6 Å². The van der Waals surface area contributed by atoms with Gasteiger partial charge >= 0.3 is 0 Å². The number of carbonyl (C=O) groups excluding carboxylic acids is 1. The number of hydrogen-bond acceptors (Lipinski definition) is 6. The molecule has 0 spiro atoms. The lowest BCUT2D eigenvalue weighted by Crippen LogP contribution is -2.35. The standard InChI is InChI=1S/C21H24N6O2/c1-29-17-9-7-16(8-10-17)19-5-3-2-4-12-27(19)20(28)13-15-6-11-18(22-14-15)21-23-25-26-24-21/h6-11,14,19H,2-5,12-13H2,1H3,(H,23,24,25,26). The van der Waals surface area contributed by atoms with Gasteiger partial charge in [-0.15, -0.1) is 10.2 Å². The number of tetrazole rings is 1. The second-order valence-corrected chi connectivity index (χ2v) is 7.19. The zero-order valence-electron chi connectivity index (χ0n) is 16.4. The third-order valence-corrected chi connectivity index (χ3v) is 5.33. The van der Waals surface area contributed by atoms with E-state index in [1.54, 1.807) is 13.3 Å². The minimum atomic E-state index is 0.0995. The molecule has 0 aliphatic carbocycles. The maximum absolute atomic E-state index is 13.2. The third-order valence-electron chi connectivity index (χ3n) is 5.33. The van der Waals surface area contributed by atoms with E-state index in [9.17, 15) is 4.79 Å². The molecule has 1 aliphatic heterocycles. The highest BCUT2D eigenvalue weighted by Gasteiger charge is 2.26. The fourth-order valence-corrected chi connectivity index (χ4v) is 3.79. The number of likely N-dealkylation sites (tertiary alicyclic amines) is 1. The lowest BCUT2D eigenvalue weighted by atomic mass is 10.00. The summed E-state index contributed by atoms with van der Waals surface area (Å²) in [5.74, 6) is 1.39. The van der Waals surface area contributed by atoms with Crippen molar-refractivity contribution in [3.8, 4) is 17.3 Å². The number of aromatic amines is 1. The molecule has 0 saturated carbocycles. The summed E-state index contributed by atoms with van der Waals surface area (Å²) >= 11 is 0. The number of amides is 1. The van der Waals surface area contributed by atoms with Gasteiger partial charge in [-0.2, -0.15) is 5.21 Å². The number of rotatable bonds is 5. The highest BCUT2D eigenvalue weighted by molar-refractivity contribution is 5.79. The van der Waals surface area contributed by atoms with Crippen LogP contribution in [-0.4, -0.2) is 50.1 Å². The molecule has 2 aromatic heterocycles. The molecule has 0 radical (unpaired) electrons. The molecular weight excluding hydrogens is 368 g/mol. The van der Waals surface area contributed by atoms with Crippen LogP contribution in [0.4, 0.5) is 0 Å². The Morgan fingerprint density at radius 2 is 2.03 bits per heavy atom. The lowest BCUT2D eigenvalue weighted by Gasteiger charge is -2.31. The van der Waals surface area contributed by atoms with Crippen LogP contribution in [0.5, 0.6) is 5.75 Å². The Morgan fingerprint density at radius 1 is 1.17 bits per heavy atom. The van der Waals surface area contributed by atoms with Crippen LogP contribution in [0, 0.1) is 0 Å². The van der Waals surface area contributed by atoms with E-state index in [0.29, 0.717) is 17.9 Å². The van der Waals surface area contributed by atoms with Crippen molar-refractivity contribution in [3.63, 3.8) is 0 Å². The highest BCUT2D eigenvalue weighted by atomic mass is 16.5. The Kier molecular flexibility index (Phi) is 5.79. The van der Waals surface area contributed by atoms with Gasteiger partial charge in [0.2, 0.25) is 11.7 Å². The van der Waals surface area contributed by atoms with Crippen molar-refractivity contribution in [2.45, 2.75) is 38.1 Å². The summed E-state index contributed by atoms with van der Waals surface area (Å²) in [5.41, 5.74) is 2.66. The number of ether oxygens (including phenoxy) is 1. The number of carbonyl (C=O) groups is 1. The van der Waals surface area contributed by atoms with Gasteiger partial charge in [0.1, 0.15) is 11.4 Å². The Bertz CT molecular complexity index is 925. The number of methoxy groups -OCH3 is 1. The maximum atomic E-state index is 13.2. The van der Waals surface area contributed by atoms with Crippen molar-refractivity contribution < 1.29 is 9.53 Å². The van der Waals surface area contributed by atoms with E-state index >= 15 is 0 Å². The van der Waals surface area contributed by atoms with Crippen LogP contribution in [0.3, 0.4) is 0 Å². The van der Waals surface area contributed by atoms with Crippen molar-refractivity contribution in [1.29, 1.82) is 0 Å². The first-order chi connectivity index (χ1) is 14.2. The minimum absolute atomic E-state index is 0.0995. The molecule has 8 heteroatoms. The Hall–Kier alpha value is -3.29. The van der Waals surface area contributed by atoms with Crippen LogP contribution in [-0.2, 0) is 11.2 Å². The Balaban J connectivity index is 1.49. The highest BCUT2D eigenvalue weighted by Crippen LogP contribution is 2.31. The summed E-state index contributed by atoms with van der Waals surface area (Å²) in [6.07, 6.45) is 6.33. The first-order valence-electron chi connectivity index (χ1n) is 9.87. The quantitative estimate of drug-likeness (QED) is 0.717. The van der Waals surface area contributed by atoms with Gasteiger partial charge in [0, 0.05) is 12.7 Å². The van der Waals surface area contributed by atoms with E-state index < -0.39 is 0 Å². The van der Waals surface area contributed by atoms with Crippen molar-refractivity contribution in [1.82, 2.24) is 30.5 Å². The molecule has 1 aliphatic rings. The van der Waals surface area contributed by atoms with Gasteiger partial charge in [-0.05, 0) is 47.4 Å². The van der Waals surface area contributed by atoms with Crippen molar-refractivity contribution in [2.24, 2.45) is 0 Å². The first-order valence-corrected chi connectivity index (χ1v) is 9.87. The fourth-order valence-electron chi connectivity index (χ4n) is 3.79. The van der Waals surface area contributed by atoms with Gasteiger partial charge in [0.05, 0.1) is 19.6 Å². The SMILES string of the molecule is COc1ccc(C2CCCCCN2C(=O)Cc2ccc(-c3nn[nH]n3)nc2)cc1. The minimum Gasteiger partial charge on any atom is -0.497 e.